The van der Waals surface area contributed by atoms with Crippen LogP contribution in [-0.4, -0.2) is 19.7 Å². The molecule has 3 rings (SSSR count). The van der Waals surface area contributed by atoms with Gasteiger partial charge in [-0.05, 0) is 45.7 Å². The predicted octanol–water partition coefficient (Wildman–Crippen LogP) is 2.96. The molecule has 1 fully saturated rings. The Morgan fingerprint density at radius 2 is 2.10 bits per heavy atom. The van der Waals surface area contributed by atoms with Crippen molar-refractivity contribution in [2.24, 2.45) is 0 Å². The second-order valence-electron chi connectivity index (χ2n) is 6.75. The fourth-order valence-corrected chi connectivity index (χ4v) is 2.43. The molecule has 1 aliphatic carbocycles. The average Bonchev–Trinajstić information content (AvgIpc) is 2.95. The van der Waals surface area contributed by atoms with Crippen molar-refractivity contribution in [3.63, 3.8) is 0 Å². The summed E-state index contributed by atoms with van der Waals surface area (Å²) in [6.07, 6.45) is 8.73. The van der Waals surface area contributed by atoms with E-state index in [2.05, 4.69) is 58.5 Å². The van der Waals surface area contributed by atoms with Crippen molar-refractivity contribution in [3.8, 4) is 0 Å². The third-order valence-electron chi connectivity index (χ3n) is 3.74. The molecular formula is C16H24N4. The summed E-state index contributed by atoms with van der Waals surface area (Å²) in [5.41, 5.74) is 2.77. The molecule has 1 aliphatic rings. The summed E-state index contributed by atoms with van der Waals surface area (Å²) in [6, 6.07) is 5.01. The lowest BCUT2D eigenvalue weighted by atomic mass is 10.1. The number of hydrogen-bond acceptors (Lipinski definition) is 2. The summed E-state index contributed by atoms with van der Waals surface area (Å²) < 4.78 is 4.65. The van der Waals surface area contributed by atoms with E-state index in [1.54, 1.807) is 0 Å². The van der Waals surface area contributed by atoms with Gasteiger partial charge in [-0.2, -0.15) is 0 Å². The summed E-state index contributed by atoms with van der Waals surface area (Å²) in [5.74, 6) is 0. The van der Waals surface area contributed by atoms with Crippen LogP contribution in [0, 0.1) is 0 Å². The second-order valence-corrected chi connectivity index (χ2v) is 6.75. The Morgan fingerprint density at radius 1 is 1.30 bits per heavy atom. The lowest BCUT2D eigenvalue weighted by Gasteiger charge is -2.21. The molecule has 4 nitrogen and oxygen atoms in total. The first kappa shape index (κ1) is 13.4. The quantitative estimate of drug-likeness (QED) is 0.908. The van der Waals surface area contributed by atoms with E-state index in [1.165, 1.54) is 24.2 Å². The number of imidazole rings is 1. The van der Waals surface area contributed by atoms with Crippen LogP contribution in [0.15, 0.2) is 30.9 Å². The fraction of sp³-hybridized carbons (Fsp3) is 0.562. The molecule has 4 heteroatoms. The van der Waals surface area contributed by atoms with Gasteiger partial charge in [-0.15, -0.1) is 0 Å². The molecule has 2 aromatic rings. The van der Waals surface area contributed by atoms with Crippen LogP contribution in [0.4, 0.5) is 0 Å². The van der Waals surface area contributed by atoms with Gasteiger partial charge in [-0.1, -0.05) is 0 Å². The molecule has 0 bridgehead atoms. The van der Waals surface area contributed by atoms with Crippen LogP contribution in [0.5, 0.6) is 0 Å². The van der Waals surface area contributed by atoms with Crippen molar-refractivity contribution in [3.05, 3.63) is 42.2 Å². The van der Waals surface area contributed by atoms with Gasteiger partial charge in [0.1, 0.15) is 0 Å². The summed E-state index contributed by atoms with van der Waals surface area (Å²) in [6.45, 7) is 8.39. The van der Waals surface area contributed by atoms with Crippen LogP contribution in [-0.2, 0) is 13.1 Å². The normalized spacial score (nSPS) is 15.8. The number of nitrogens with zero attached hydrogens (tertiary/aromatic N) is 3. The highest BCUT2D eigenvalue weighted by Crippen LogP contribution is 2.35. The molecule has 0 amide bonds. The summed E-state index contributed by atoms with van der Waals surface area (Å²) in [5, 5.41) is 3.55. The maximum atomic E-state index is 4.31. The molecule has 0 aliphatic heterocycles. The Morgan fingerprint density at radius 3 is 2.80 bits per heavy atom. The summed E-state index contributed by atoms with van der Waals surface area (Å²) >= 11 is 0. The van der Waals surface area contributed by atoms with Crippen molar-refractivity contribution < 1.29 is 0 Å². The van der Waals surface area contributed by atoms with Gasteiger partial charge in [-0.25, -0.2) is 4.98 Å². The minimum atomic E-state index is 0.144. The number of aromatic nitrogens is 3. The lowest BCUT2D eigenvalue weighted by molar-refractivity contribution is 0.416. The molecule has 0 unspecified atom stereocenters. The van der Waals surface area contributed by atoms with Gasteiger partial charge in [0.25, 0.3) is 0 Å². The van der Waals surface area contributed by atoms with Crippen molar-refractivity contribution in [2.45, 2.75) is 58.3 Å². The lowest BCUT2D eigenvalue weighted by Crippen LogP contribution is -2.35. The molecule has 2 aromatic heterocycles. The summed E-state index contributed by atoms with van der Waals surface area (Å²) in [4.78, 5) is 4.31. The molecule has 1 saturated carbocycles. The minimum absolute atomic E-state index is 0.144. The third-order valence-corrected chi connectivity index (χ3v) is 3.74. The van der Waals surface area contributed by atoms with E-state index in [1.807, 2.05) is 12.5 Å². The standard InChI is InChI=1S/C16H24N4/c1-16(2,3)18-10-14-5-4-8-19(14)11-15-9-17-12-20(15)13-6-7-13/h4-5,8-9,12-13,18H,6-7,10-11H2,1-3H3. The highest BCUT2D eigenvalue weighted by molar-refractivity contribution is 5.12. The Balaban J connectivity index is 1.71. The molecule has 2 heterocycles. The van der Waals surface area contributed by atoms with Crippen LogP contribution in [0.1, 0.15) is 51.0 Å². The highest BCUT2D eigenvalue weighted by Gasteiger charge is 2.25. The van der Waals surface area contributed by atoms with Crippen molar-refractivity contribution >= 4 is 0 Å². The van der Waals surface area contributed by atoms with Gasteiger partial charge in [-0.3, -0.25) is 0 Å². The van der Waals surface area contributed by atoms with Crippen LogP contribution in [0.25, 0.3) is 0 Å². The Labute approximate surface area is 120 Å². The first-order valence-electron chi connectivity index (χ1n) is 7.43. The van der Waals surface area contributed by atoms with Crippen molar-refractivity contribution in [1.29, 1.82) is 0 Å². The minimum Gasteiger partial charge on any atom is -0.344 e. The average molecular weight is 272 g/mol. The van der Waals surface area contributed by atoms with Gasteiger partial charge in [0.2, 0.25) is 0 Å². The van der Waals surface area contributed by atoms with E-state index in [0.29, 0.717) is 6.04 Å². The van der Waals surface area contributed by atoms with Gasteiger partial charge >= 0.3 is 0 Å². The first-order valence-corrected chi connectivity index (χ1v) is 7.43. The van der Waals surface area contributed by atoms with Crippen molar-refractivity contribution in [1.82, 2.24) is 19.4 Å². The van der Waals surface area contributed by atoms with Gasteiger partial charge in [0.15, 0.2) is 0 Å². The Kier molecular flexibility index (Phi) is 3.42. The van der Waals surface area contributed by atoms with E-state index in [9.17, 15) is 0 Å². The van der Waals surface area contributed by atoms with E-state index < -0.39 is 0 Å². The molecule has 0 atom stereocenters. The number of rotatable bonds is 5. The van der Waals surface area contributed by atoms with Crippen LogP contribution in [0.2, 0.25) is 0 Å². The zero-order chi connectivity index (χ0) is 14.2. The zero-order valence-electron chi connectivity index (χ0n) is 12.6. The van der Waals surface area contributed by atoms with Crippen LogP contribution >= 0.6 is 0 Å². The second kappa shape index (κ2) is 5.09. The molecule has 0 saturated heterocycles. The van der Waals surface area contributed by atoms with E-state index >= 15 is 0 Å². The van der Waals surface area contributed by atoms with Crippen LogP contribution in [0.3, 0.4) is 0 Å². The van der Waals surface area contributed by atoms with Gasteiger partial charge in [0, 0.05) is 36.2 Å². The monoisotopic (exact) mass is 272 g/mol. The largest absolute Gasteiger partial charge is 0.344 e. The molecular weight excluding hydrogens is 248 g/mol. The molecule has 0 radical (unpaired) electrons. The SMILES string of the molecule is CC(C)(C)NCc1cccn1Cc1cncn1C1CC1. The topological polar surface area (TPSA) is 34.8 Å². The zero-order valence-corrected chi connectivity index (χ0v) is 12.6. The summed E-state index contributed by atoms with van der Waals surface area (Å²) in [7, 11) is 0. The number of nitrogens with one attached hydrogen (secondary N) is 1. The maximum absolute atomic E-state index is 4.31. The highest BCUT2D eigenvalue weighted by atomic mass is 15.1. The first-order chi connectivity index (χ1) is 9.53. The van der Waals surface area contributed by atoms with Gasteiger partial charge in [0.05, 0.1) is 18.6 Å². The van der Waals surface area contributed by atoms with Gasteiger partial charge < -0.3 is 14.5 Å². The van der Waals surface area contributed by atoms with E-state index in [4.69, 9.17) is 0 Å². The van der Waals surface area contributed by atoms with E-state index in [-0.39, 0.29) is 5.54 Å². The molecule has 1 N–H and O–H groups in total. The number of hydrogen-bond donors (Lipinski definition) is 1. The molecule has 108 valence electrons. The van der Waals surface area contributed by atoms with Crippen LogP contribution < -0.4 is 5.32 Å². The maximum Gasteiger partial charge on any atom is 0.0951 e. The molecule has 0 aromatic carbocycles. The predicted molar refractivity (Wildman–Crippen MR) is 80.6 cm³/mol. The smallest absolute Gasteiger partial charge is 0.0951 e. The molecule has 20 heavy (non-hydrogen) atoms. The fourth-order valence-electron chi connectivity index (χ4n) is 2.43. The third kappa shape index (κ3) is 3.12. The Hall–Kier alpha value is -1.55. The Bertz CT molecular complexity index is 569. The van der Waals surface area contributed by atoms with E-state index in [0.717, 1.165) is 13.1 Å². The molecule has 0 spiro atoms. The van der Waals surface area contributed by atoms with Crippen molar-refractivity contribution in [2.75, 3.05) is 0 Å².